The zero-order valence-electron chi connectivity index (χ0n) is 15.3. The number of hydrogen-bond donors (Lipinski definition) is 2. The van der Waals surface area contributed by atoms with E-state index in [-0.39, 0.29) is 17.6 Å². The summed E-state index contributed by atoms with van der Waals surface area (Å²) in [4.78, 5) is 23.1. The Bertz CT molecular complexity index is 972. The van der Waals surface area contributed by atoms with E-state index in [0.717, 1.165) is 17.3 Å². The Morgan fingerprint density at radius 3 is 2.46 bits per heavy atom. The molecule has 0 aliphatic carbocycles. The number of aromatic nitrogens is 2. The van der Waals surface area contributed by atoms with Crippen LogP contribution in [0.15, 0.2) is 58.2 Å². The molecule has 0 saturated heterocycles. The molecule has 2 aromatic carbocycles. The molecular formula is C19H18N4O4S. The van der Waals surface area contributed by atoms with E-state index in [1.54, 1.807) is 37.4 Å². The van der Waals surface area contributed by atoms with Gasteiger partial charge >= 0.3 is 0 Å². The third-order valence-electron chi connectivity index (χ3n) is 3.54. The van der Waals surface area contributed by atoms with Crippen molar-refractivity contribution in [3.63, 3.8) is 0 Å². The Labute approximate surface area is 165 Å². The molecule has 0 saturated carbocycles. The van der Waals surface area contributed by atoms with Gasteiger partial charge < -0.3 is 19.8 Å². The zero-order chi connectivity index (χ0) is 19.9. The van der Waals surface area contributed by atoms with E-state index in [4.69, 9.17) is 9.15 Å². The van der Waals surface area contributed by atoms with Crippen molar-refractivity contribution < 1.29 is 18.7 Å². The molecule has 0 aliphatic heterocycles. The van der Waals surface area contributed by atoms with Gasteiger partial charge in [-0.2, -0.15) is 0 Å². The lowest BCUT2D eigenvalue weighted by molar-refractivity contribution is -0.114. The van der Waals surface area contributed by atoms with Gasteiger partial charge in [0, 0.05) is 23.9 Å². The Morgan fingerprint density at radius 1 is 1.07 bits per heavy atom. The number of ether oxygens (including phenoxy) is 1. The number of amides is 2. The number of methoxy groups -OCH3 is 1. The van der Waals surface area contributed by atoms with Crippen molar-refractivity contribution in [1.29, 1.82) is 0 Å². The Kier molecular flexibility index (Phi) is 6.28. The van der Waals surface area contributed by atoms with Crippen molar-refractivity contribution >= 4 is 35.0 Å². The number of carbonyl (C=O) groups excluding carboxylic acids is 2. The van der Waals surface area contributed by atoms with Crippen molar-refractivity contribution in [1.82, 2.24) is 10.2 Å². The molecule has 9 heteroatoms. The molecule has 8 nitrogen and oxygen atoms in total. The second kappa shape index (κ2) is 9.05. The van der Waals surface area contributed by atoms with Crippen molar-refractivity contribution in [2.75, 3.05) is 23.5 Å². The van der Waals surface area contributed by atoms with Crippen LogP contribution >= 0.6 is 11.8 Å². The summed E-state index contributed by atoms with van der Waals surface area (Å²) in [5, 5.41) is 13.7. The fraction of sp³-hybridized carbons (Fsp3) is 0.158. The first-order valence-electron chi connectivity index (χ1n) is 8.32. The van der Waals surface area contributed by atoms with Crippen LogP contribution < -0.4 is 15.4 Å². The van der Waals surface area contributed by atoms with Crippen LogP contribution in [0, 0.1) is 0 Å². The van der Waals surface area contributed by atoms with Crippen LogP contribution in [-0.2, 0) is 9.59 Å². The number of thioether (sulfide) groups is 1. The SMILES string of the molecule is COc1cccc(-c2nnc(SCC(=O)Nc3ccc(NC(C)=O)cc3)o2)c1. The largest absolute Gasteiger partial charge is 0.497 e. The standard InChI is InChI=1S/C19H18N4O4S/c1-12(24)20-14-6-8-15(9-7-14)21-17(25)11-28-19-23-22-18(27-19)13-4-3-5-16(10-13)26-2/h3-10H,11H2,1-2H3,(H,20,24)(H,21,25). The van der Waals surface area contributed by atoms with E-state index >= 15 is 0 Å². The van der Waals surface area contributed by atoms with Crippen molar-refractivity contribution in [2.45, 2.75) is 12.1 Å². The number of carbonyl (C=O) groups is 2. The molecule has 3 rings (SSSR count). The molecular weight excluding hydrogens is 380 g/mol. The van der Waals surface area contributed by atoms with Gasteiger partial charge in [0.05, 0.1) is 12.9 Å². The van der Waals surface area contributed by atoms with Gasteiger partial charge in [-0.05, 0) is 42.5 Å². The van der Waals surface area contributed by atoms with Gasteiger partial charge in [0.15, 0.2) is 0 Å². The van der Waals surface area contributed by atoms with Crippen molar-refractivity contribution in [3.8, 4) is 17.2 Å². The minimum atomic E-state index is -0.210. The molecule has 3 aromatic rings. The molecule has 0 radical (unpaired) electrons. The number of anilines is 2. The Balaban J connectivity index is 1.53. The first kappa shape index (κ1) is 19.4. The average Bonchev–Trinajstić information content (AvgIpc) is 3.17. The smallest absolute Gasteiger partial charge is 0.277 e. The van der Waals surface area contributed by atoms with Gasteiger partial charge in [-0.15, -0.1) is 10.2 Å². The summed E-state index contributed by atoms with van der Waals surface area (Å²) in [5.41, 5.74) is 2.03. The van der Waals surface area contributed by atoms with Crippen LogP contribution in [0.2, 0.25) is 0 Å². The van der Waals surface area contributed by atoms with Crippen LogP contribution in [0.1, 0.15) is 6.92 Å². The highest BCUT2D eigenvalue weighted by Crippen LogP contribution is 2.26. The predicted octanol–water partition coefficient (Wildman–Crippen LogP) is 3.43. The third kappa shape index (κ3) is 5.34. The van der Waals surface area contributed by atoms with Crippen LogP contribution in [-0.4, -0.2) is 34.9 Å². The fourth-order valence-electron chi connectivity index (χ4n) is 2.31. The number of benzene rings is 2. The summed E-state index contributed by atoms with van der Waals surface area (Å²) in [6.45, 7) is 1.43. The number of rotatable bonds is 7. The Morgan fingerprint density at radius 2 is 1.79 bits per heavy atom. The van der Waals surface area contributed by atoms with Gasteiger partial charge in [0.1, 0.15) is 5.75 Å². The molecule has 1 aromatic heterocycles. The average molecular weight is 398 g/mol. The Hall–Kier alpha value is -3.33. The molecule has 28 heavy (non-hydrogen) atoms. The monoisotopic (exact) mass is 398 g/mol. The second-order valence-corrected chi connectivity index (χ2v) is 6.63. The minimum Gasteiger partial charge on any atom is -0.497 e. The minimum absolute atomic E-state index is 0.118. The molecule has 0 spiro atoms. The summed E-state index contributed by atoms with van der Waals surface area (Å²) in [6.07, 6.45) is 0. The van der Waals surface area contributed by atoms with Crippen LogP contribution in [0.4, 0.5) is 11.4 Å². The number of nitrogens with one attached hydrogen (secondary N) is 2. The van der Waals surface area contributed by atoms with E-state index in [9.17, 15) is 9.59 Å². The first-order valence-corrected chi connectivity index (χ1v) is 9.30. The summed E-state index contributed by atoms with van der Waals surface area (Å²) in [6, 6.07) is 14.1. The molecule has 2 N–H and O–H groups in total. The summed E-state index contributed by atoms with van der Waals surface area (Å²) in [7, 11) is 1.58. The van der Waals surface area contributed by atoms with E-state index in [0.29, 0.717) is 28.2 Å². The maximum atomic E-state index is 12.1. The summed E-state index contributed by atoms with van der Waals surface area (Å²) >= 11 is 1.14. The molecule has 144 valence electrons. The van der Waals surface area contributed by atoms with Gasteiger partial charge in [0.2, 0.25) is 17.7 Å². The fourth-order valence-corrected chi connectivity index (χ4v) is 2.87. The van der Waals surface area contributed by atoms with Crippen LogP contribution in [0.25, 0.3) is 11.5 Å². The van der Waals surface area contributed by atoms with E-state index in [1.807, 2.05) is 18.2 Å². The molecule has 0 aliphatic rings. The normalized spacial score (nSPS) is 10.4. The van der Waals surface area contributed by atoms with Gasteiger partial charge in [-0.1, -0.05) is 17.8 Å². The third-order valence-corrected chi connectivity index (χ3v) is 4.36. The van der Waals surface area contributed by atoms with E-state index in [1.165, 1.54) is 6.92 Å². The summed E-state index contributed by atoms with van der Waals surface area (Å²) in [5.74, 6) is 0.802. The molecule has 0 bridgehead atoms. The highest BCUT2D eigenvalue weighted by atomic mass is 32.2. The van der Waals surface area contributed by atoms with Crippen LogP contribution in [0.3, 0.4) is 0 Å². The predicted molar refractivity (Wildman–Crippen MR) is 106 cm³/mol. The topological polar surface area (TPSA) is 106 Å². The number of hydrogen-bond acceptors (Lipinski definition) is 7. The van der Waals surface area contributed by atoms with E-state index in [2.05, 4.69) is 20.8 Å². The lowest BCUT2D eigenvalue weighted by Crippen LogP contribution is -2.14. The quantitative estimate of drug-likeness (QED) is 0.587. The van der Waals surface area contributed by atoms with Gasteiger partial charge in [0.25, 0.3) is 5.22 Å². The maximum Gasteiger partial charge on any atom is 0.277 e. The first-order chi connectivity index (χ1) is 13.5. The van der Waals surface area contributed by atoms with Crippen LogP contribution in [0.5, 0.6) is 5.75 Å². The molecule has 2 amide bonds. The highest BCUT2D eigenvalue weighted by Gasteiger charge is 2.12. The maximum absolute atomic E-state index is 12.1. The lowest BCUT2D eigenvalue weighted by atomic mass is 10.2. The van der Waals surface area contributed by atoms with Gasteiger partial charge in [-0.3, -0.25) is 9.59 Å². The number of nitrogens with zero attached hydrogens (tertiary/aromatic N) is 2. The second-order valence-electron chi connectivity index (χ2n) is 5.70. The van der Waals surface area contributed by atoms with Crippen molar-refractivity contribution in [2.24, 2.45) is 0 Å². The highest BCUT2D eigenvalue weighted by molar-refractivity contribution is 7.99. The molecule has 0 fully saturated rings. The molecule has 1 heterocycles. The van der Waals surface area contributed by atoms with E-state index < -0.39 is 0 Å². The van der Waals surface area contributed by atoms with Gasteiger partial charge in [-0.25, -0.2) is 0 Å². The zero-order valence-corrected chi connectivity index (χ0v) is 16.1. The molecule has 0 atom stereocenters. The molecule has 0 unspecified atom stereocenters. The summed E-state index contributed by atoms with van der Waals surface area (Å²) < 4.78 is 10.8. The van der Waals surface area contributed by atoms with Crippen molar-refractivity contribution in [3.05, 3.63) is 48.5 Å². The lowest BCUT2D eigenvalue weighted by Gasteiger charge is -2.06.